The first-order chi connectivity index (χ1) is 14.8. The lowest BCUT2D eigenvalue weighted by molar-refractivity contribution is -0.129. The summed E-state index contributed by atoms with van der Waals surface area (Å²) < 4.78 is 5.40. The van der Waals surface area contributed by atoms with Gasteiger partial charge in [0.2, 0.25) is 11.8 Å². The van der Waals surface area contributed by atoms with Crippen molar-refractivity contribution in [2.75, 3.05) is 18.5 Å². The quantitative estimate of drug-likeness (QED) is 0.600. The molecule has 7 nitrogen and oxygen atoms in total. The normalized spacial score (nSPS) is 17.7. The summed E-state index contributed by atoms with van der Waals surface area (Å²) in [5.74, 6) is -0.0305. The van der Waals surface area contributed by atoms with Crippen LogP contribution in [0.25, 0.3) is 0 Å². The molecule has 1 aliphatic rings. The molecule has 2 aromatic rings. The Hall–Kier alpha value is -2.42. The lowest BCUT2D eigenvalue weighted by Crippen LogP contribution is -2.45. The molecule has 1 aliphatic heterocycles. The molecule has 1 saturated heterocycles. The van der Waals surface area contributed by atoms with Gasteiger partial charge in [0.1, 0.15) is 11.0 Å². The number of nitrogens with zero attached hydrogens (tertiary/aromatic N) is 2. The molecule has 2 aromatic carbocycles. The second kappa shape index (κ2) is 10.3. The van der Waals surface area contributed by atoms with Gasteiger partial charge in [-0.15, -0.1) is 0 Å². The largest absolute Gasteiger partial charge is 0.505 e. The van der Waals surface area contributed by atoms with E-state index in [0.717, 1.165) is 0 Å². The zero-order chi connectivity index (χ0) is 22.5. The minimum atomic E-state index is -0.649. The van der Waals surface area contributed by atoms with Crippen LogP contribution in [0.15, 0.2) is 41.4 Å². The summed E-state index contributed by atoms with van der Waals surface area (Å²) in [6.45, 7) is 4.67. The van der Waals surface area contributed by atoms with E-state index in [0.29, 0.717) is 35.4 Å². The summed E-state index contributed by atoms with van der Waals surface area (Å²) in [7, 11) is 0. The van der Waals surface area contributed by atoms with Gasteiger partial charge < -0.3 is 15.2 Å². The number of halogens is 2. The SMILES string of the molecule is CCOc1ccc(NC(=O)C2CC(=O)N(CC)C(=Nc3cc(Cl)c(O)c(Cl)c3)S2)cc1. The van der Waals surface area contributed by atoms with Crippen molar-refractivity contribution in [3.05, 3.63) is 46.4 Å². The van der Waals surface area contributed by atoms with E-state index in [-0.39, 0.29) is 34.0 Å². The number of phenolic OH excluding ortho intramolecular Hbond substituents is 1. The molecule has 0 radical (unpaired) electrons. The number of benzene rings is 2. The number of phenols is 1. The second-order valence-electron chi connectivity index (χ2n) is 6.55. The fourth-order valence-electron chi connectivity index (χ4n) is 2.90. The van der Waals surface area contributed by atoms with Gasteiger partial charge in [-0.05, 0) is 50.2 Å². The van der Waals surface area contributed by atoms with E-state index >= 15 is 0 Å². The molecule has 10 heteroatoms. The van der Waals surface area contributed by atoms with Gasteiger partial charge in [-0.3, -0.25) is 14.5 Å². The van der Waals surface area contributed by atoms with Crippen LogP contribution in [0.1, 0.15) is 20.3 Å². The van der Waals surface area contributed by atoms with Crippen molar-refractivity contribution in [1.29, 1.82) is 0 Å². The van der Waals surface area contributed by atoms with Gasteiger partial charge in [0.05, 0.1) is 22.3 Å². The minimum absolute atomic E-state index is 0.0480. The molecule has 1 fully saturated rings. The monoisotopic (exact) mass is 481 g/mol. The highest BCUT2D eigenvalue weighted by Gasteiger charge is 2.35. The molecule has 164 valence electrons. The van der Waals surface area contributed by atoms with Crippen LogP contribution in [0.2, 0.25) is 10.0 Å². The lowest BCUT2D eigenvalue weighted by Gasteiger charge is -2.31. The minimum Gasteiger partial charge on any atom is -0.505 e. The Morgan fingerprint density at radius 3 is 2.48 bits per heavy atom. The zero-order valence-corrected chi connectivity index (χ0v) is 19.2. The lowest BCUT2D eigenvalue weighted by atomic mass is 10.2. The Balaban J connectivity index is 1.80. The number of hydrogen-bond donors (Lipinski definition) is 2. The Morgan fingerprint density at radius 2 is 1.90 bits per heavy atom. The summed E-state index contributed by atoms with van der Waals surface area (Å²) in [6, 6.07) is 9.90. The van der Waals surface area contributed by atoms with Gasteiger partial charge in [-0.2, -0.15) is 0 Å². The number of thioether (sulfide) groups is 1. The maximum Gasteiger partial charge on any atom is 0.238 e. The van der Waals surface area contributed by atoms with Crippen LogP contribution in [0.5, 0.6) is 11.5 Å². The fourth-order valence-corrected chi connectivity index (χ4v) is 4.54. The molecule has 1 heterocycles. The number of amidine groups is 1. The van der Waals surface area contributed by atoms with Crippen molar-refractivity contribution < 1.29 is 19.4 Å². The van der Waals surface area contributed by atoms with Crippen LogP contribution in [0, 0.1) is 0 Å². The number of anilines is 1. The van der Waals surface area contributed by atoms with Crippen molar-refractivity contribution >= 4 is 63.3 Å². The van der Waals surface area contributed by atoms with Crippen molar-refractivity contribution in [2.24, 2.45) is 4.99 Å². The van der Waals surface area contributed by atoms with E-state index in [9.17, 15) is 14.7 Å². The first kappa shape index (κ1) is 23.2. The van der Waals surface area contributed by atoms with Gasteiger partial charge in [0.15, 0.2) is 10.9 Å². The molecule has 1 atom stereocenters. The molecule has 31 heavy (non-hydrogen) atoms. The molecule has 0 spiro atoms. The van der Waals surface area contributed by atoms with Crippen LogP contribution in [0.4, 0.5) is 11.4 Å². The molecule has 2 N–H and O–H groups in total. The number of nitrogens with one attached hydrogen (secondary N) is 1. The third kappa shape index (κ3) is 5.64. The summed E-state index contributed by atoms with van der Waals surface area (Å²) in [6.07, 6.45) is 0.0531. The molecule has 0 bridgehead atoms. The van der Waals surface area contributed by atoms with Crippen molar-refractivity contribution in [2.45, 2.75) is 25.5 Å². The van der Waals surface area contributed by atoms with Crippen molar-refractivity contribution in [1.82, 2.24) is 4.90 Å². The number of amides is 2. The number of ether oxygens (including phenoxy) is 1. The van der Waals surface area contributed by atoms with Gasteiger partial charge in [0, 0.05) is 18.7 Å². The Bertz CT molecular complexity index is 991. The number of rotatable bonds is 6. The van der Waals surface area contributed by atoms with E-state index in [4.69, 9.17) is 27.9 Å². The Morgan fingerprint density at radius 1 is 1.26 bits per heavy atom. The third-order valence-electron chi connectivity index (χ3n) is 4.41. The van der Waals surface area contributed by atoms with E-state index in [2.05, 4.69) is 10.3 Å². The van der Waals surface area contributed by atoms with E-state index in [1.165, 1.54) is 28.8 Å². The number of hydrogen-bond acceptors (Lipinski definition) is 6. The number of carbonyl (C=O) groups excluding carboxylic acids is 2. The van der Waals surface area contributed by atoms with Crippen LogP contribution in [0.3, 0.4) is 0 Å². The summed E-state index contributed by atoms with van der Waals surface area (Å²) in [5.41, 5.74) is 0.976. The number of aliphatic imine (C=N–C) groups is 1. The summed E-state index contributed by atoms with van der Waals surface area (Å²) in [5, 5.41) is 12.4. The van der Waals surface area contributed by atoms with Gasteiger partial charge in [0.25, 0.3) is 0 Å². The van der Waals surface area contributed by atoms with Gasteiger partial charge >= 0.3 is 0 Å². The molecule has 0 aromatic heterocycles. The number of carbonyl (C=O) groups is 2. The first-order valence-electron chi connectivity index (χ1n) is 9.59. The Labute approximate surface area is 194 Å². The number of aromatic hydroxyl groups is 1. The maximum atomic E-state index is 12.8. The highest BCUT2D eigenvalue weighted by atomic mass is 35.5. The van der Waals surface area contributed by atoms with E-state index in [1.807, 2.05) is 13.8 Å². The summed E-state index contributed by atoms with van der Waals surface area (Å²) in [4.78, 5) is 31.4. The van der Waals surface area contributed by atoms with E-state index < -0.39 is 5.25 Å². The third-order valence-corrected chi connectivity index (χ3v) is 6.17. The molecule has 1 unspecified atom stereocenters. The smallest absolute Gasteiger partial charge is 0.238 e. The average molecular weight is 482 g/mol. The highest BCUT2D eigenvalue weighted by Crippen LogP contribution is 2.37. The van der Waals surface area contributed by atoms with E-state index in [1.54, 1.807) is 24.3 Å². The first-order valence-corrected chi connectivity index (χ1v) is 11.2. The standard InChI is InChI=1S/C21H21Cl2N3O4S/c1-3-26-18(27)11-17(20(29)24-12-5-7-14(8-6-12)30-4-2)31-21(26)25-13-9-15(22)19(28)16(23)10-13/h5-10,17,28H,3-4,11H2,1-2H3,(H,24,29). The predicted octanol–water partition coefficient (Wildman–Crippen LogP) is 5.08. The molecule has 3 rings (SSSR count). The average Bonchev–Trinajstić information content (AvgIpc) is 2.73. The molecule has 2 amide bonds. The van der Waals surface area contributed by atoms with Crippen molar-refractivity contribution in [3.63, 3.8) is 0 Å². The van der Waals surface area contributed by atoms with Crippen LogP contribution in [-0.2, 0) is 9.59 Å². The molecular formula is C21H21Cl2N3O4S. The molecule has 0 saturated carbocycles. The van der Waals surface area contributed by atoms with Gasteiger partial charge in [-0.25, -0.2) is 4.99 Å². The fraction of sp³-hybridized carbons (Fsp3) is 0.286. The van der Waals surface area contributed by atoms with Gasteiger partial charge in [-0.1, -0.05) is 35.0 Å². The van der Waals surface area contributed by atoms with Crippen LogP contribution in [-0.4, -0.2) is 45.4 Å². The van der Waals surface area contributed by atoms with Crippen LogP contribution < -0.4 is 10.1 Å². The maximum absolute atomic E-state index is 12.8. The zero-order valence-electron chi connectivity index (χ0n) is 16.9. The second-order valence-corrected chi connectivity index (χ2v) is 8.53. The summed E-state index contributed by atoms with van der Waals surface area (Å²) >= 11 is 13.1. The topological polar surface area (TPSA) is 91.2 Å². The Kier molecular flexibility index (Phi) is 7.69. The highest BCUT2D eigenvalue weighted by molar-refractivity contribution is 8.15. The van der Waals surface area contributed by atoms with Crippen LogP contribution >= 0.6 is 35.0 Å². The predicted molar refractivity (Wildman–Crippen MR) is 125 cm³/mol. The molecule has 0 aliphatic carbocycles. The van der Waals surface area contributed by atoms with Crippen molar-refractivity contribution in [3.8, 4) is 11.5 Å². The molecular weight excluding hydrogens is 461 g/mol.